The molecule has 21 nitrogen and oxygen atoms in total. The Hall–Kier alpha value is -0.840. The minimum atomic E-state index is -1.99. The van der Waals surface area contributed by atoms with Gasteiger partial charge in [-0.05, 0) is 0 Å². The highest BCUT2D eigenvalue weighted by Crippen LogP contribution is 2.48. The highest BCUT2D eigenvalue weighted by atomic mass is 16.8. The Bertz CT molecular complexity index is 1010. The fraction of sp³-hybridized carbons (Fsp3) is 1.00. The van der Waals surface area contributed by atoms with E-state index in [0.29, 0.717) is 0 Å². The van der Waals surface area contributed by atoms with E-state index in [1.807, 2.05) is 0 Å². The number of epoxide rings is 1. The number of fused-ring (bicyclic) bond motifs is 1. The minimum Gasteiger partial charge on any atom is -0.394 e. The fourth-order valence-corrected chi connectivity index (χ4v) is 6.60. The van der Waals surface area contributed by atoms with Crippen molar-refractivity contribution in [3.63, 3.8) is 0 Å². The molecule has 0 spiro atoms. The van der Waals surface area contributed by atoms with E-state index in [1.165, 1.54) is 0 Å². The maximum atomic E-state index is 11.0. The molecule has 0 aromatic heterocycles. The van der Waals surface area contributed by atoms with Crippen LogP contribution in [0.3, 0.4) is 0 Å². The molecule has 2 unspecified atom stereocenters. The number of hydrogen-bond acceptors (Lipinski definition) is 21. The Balaban J connectivity index is 1.25. The molecule has 0 bridgehead atoms. The van der Waals surface area contributed by atoms with Crippen LogP contribution in [0.1, 0.15) is 0 Å². The van der Waals surface area contributed by atoms with Gasteiger partial charge in [-0.3, -0.25) is 0 Å². The van der Waals surface area contributed by atoms with Crippen molar-refractivity contribution in [1.29, 1.82) is 0 Å². The van der Waals surface area contributed by atoms with Crippen molar-refractivity contribution in [3.8, 4) is 0 Å². The van der Waals surface area contributed by atoms with Gasteiger partial charge in [-0.25, -0.2) is 0 Å². The molecule has 1 saturated carbocycles. The van der Waals surface area contributed by atoms with Crippen LogP contribution in [0.5, 0.6) is 0 Å². The molecule has 0 aromatic rings. The van der Waals surface area contributed by atoms with E-state index in [0.717, 1.165) is 0 Å². The molecule has 21 heteroatoms. The number of nitrogens with one attached hydrogen (secondary N) is 1. The molecular weight excluding hydrogens is 634 g/mol. The molecular formula is C25H43NO20. The van der Waals surface area contributed by atoms with Gasteiger partial charge >= 0.3 is 0 Å². The maximum absolute atomic E-state index is 11.0. The summed E-state index contributed by atoms with van der Waals surface area (Å²) in [4.78, 5) is 0. The van der Waals surface area contributed by atoms with Gasteiger partial charge in [0.1, 0.15) is 97.2 Å². The van der Waals surface area contributed by atoms with E-state index in [2.05, 4.69) is 5.32 Å². The largest absolute Gasteiger partial charge is 0.394 e. The van der Waals surface area contributed by atoms with Crippen LogP contribution in [0.15, 0.2) is 0 Å². The van der Waals surface area contributed by atoms with Crippen LogP contribution in [0.4, 0.5) is 0 Å². The number of aliphatic hydroxyl groups excluding tert-OH is 14. The Kier molecular flexibility index (Phi) is 11.2. The van der Waals surface area contributed by atoms with Gasteiger partial charge in [0, 0.05) is 0 Å². The van der Waals surface area contributed by atoms with Gasteiger partial charge in [0.05, 0.1) is 38.5 Å². The lowest BCUT2D eigenvalue weighted by Crippen LogP contribution is -2.71. The summed E-state index contributed by atoms with van der Waals surface area (Å²) in [5.74, 6) is 0. The van der Waals surface area contributed by atoms with Crippen LogP contribution in [0.2, 0.25) is 0 Å². The first-order valence-electron chi connectivity index (χ1n) is 14.7. The summed E-state index contributed by atoms with van der Waals surface area (Å²) in [5.41, 5.74) is -1.59. The zero-order valence-electron chi connectivity index (χ0n) is 24.1. The molecule has 0 amide bonds. The van der Waals surface area contributed by atoms with Crippen LogP contribution in [-0.2, 0) is 28.4 Å². The second-order valence-electron chi connectivity index (χ2n) is 12.1. The van der Waals surface area contributed by atoms with Crippen molar-refractivity contribution in [2.24, 2.45) is 0 Å². The first-order chi connectivity index (χ1) is 21.8. The molecule has 15 N–H and O–H groups in total. The molecule has 46 heavy (non-hydrogen) atoms. The summed E-state index contributed by atoms with van der Waals surface area (Å²) < 4.78 is 32.6. The van der Waals surface area contributed by atoms with Crippen LogP contribution in [0, 0.1) is 0 Å². The molecule has 4 aliphatic heterocycles. The Morgan fingerprint density at radius 2 is 1.00 bits per heavy atom. The second-order valence-corrected chi connectivity index (χ2v) is 12.1. The topological polar surface area (TPSA) is 354 Å². The standard InChI is InChI=1S/C25H43NO20/c27-1-5-8(26-9-11(32)14(35)20(39)25(4-30)21(9)46-25)10(31)16(37)23(42-5)45-19-7(3-29)43-24(17(38)13(19)34)44-18-6(2-28)41-22(40)15(36)12(18)33/h5-24,26-40H,1-4H2/t5-,6-,7-,8?,9-,10+,11+,12-,13-,14-,15-,16-,17-,18-,19-,20+,21-,22?,23-,24-,25+/m1/s1. The van der Waals surface area contributed by atoms with Crippen molar-refractivity contribution >= 4 is 0 Å². The molecule has 0 aromatic carbocycles. The smallest absolute Gasteiger partial charge is 0.187 e. The average Bonchev–Trinajstić information content (AvgIpc) is 3.80. The van der Waals surface area contributed by atoms with Crippen molar-refractivity contribution in [3.05, 3.63) is 0 Å². The molecule has 4 saturated heterocycles. The lowest BCUT2D eigenvalue weighted by Gasteiger charge is -2.49. The van der Waals surface area contributed by atoms with E-state index in [9.17, 15) is 71.5 Å². The number of aliphatic hydroxyl groups is 14. The van der Waals surface area contributed by atoms with Gasteiger partial charge in [0.15, 0.2) is 18.9 Å². The number of hydrogen-bond donors (Lipinski definition) is 15. The Morgan fingerprint density at radius 3 is 1.54 bits per heavy atom. The number of rotatable bonds is 10. The van der Waals surface area contributed by atoms with E-state index in [-0.39, 0.29) is 0 Å². The Morgan fingerprint density at radius 1 is 0.522 bits per heavy atom. The van der Waals surface area contributed by atoms with E-state index in [4.69, 9.17) is 28.4 Å². The predicted molar refractivity (Wildman–Crippen MR) is 139 cm³/mol. The third-order valence-corrected chi connectivity index (χ3v) is 9.40. The summed E-state index contributed by atoms with van der Waals surface area (Å²) in [6, 6.07) is -2.57. The van der Waals surface area contributed by atoms with Crippen LogP contribution in [-0.4, -0.2) is 226 Å². The highest BCUT2D eigenvalue weighted by molar-refractivity contribution is 5.22. The van der Waals surface area contributed by atoms with E-state index in [1.54, 1.807) is 0 Å². The normalized spacial score (nSPS) is 56.0. The van der Waals surface area contributed by atoms with Crippen molar-refractivity contribution in [1.82, 2.24) is 5.32 Å². The van der Waals surface area contributed by atoms with Crippen molar-refractivity contribution in [2.45, 2.75) is 128 Å². The van der Waals surface area contributed by atoms with Crippen LogP contribution in [0.25, 0.3) is 0 Å². The average molecular weight is 678 g/mol. The Labute approximate surface area is 260 Å². The zero-order valence-corrected chi connectivity index (χ0v) is 24.1. The van der Waals surface area contributed by atoms with Gasteiger partial charge in [-0.2, -0.15) is 0 Å². The van der Waals surface area contributed by atoms with E-state index < -0.39 is 155 Å². The van der Waals surface area contributed by atoms with Crippen molar-refractivity contribution in [2.75, 3.05) is 26.4 Å². The molecule has 5 aliphatic rings. The molecule has 5 fully saturated rings. The molecule has 21 atom stereocenters. The lowest BCUT2D eigenvalue weighted by atomic mass is 9.79. The van der Waals surface area contributed by atoms with Crippen LogP contribution >= 0.6 is 0 Å². The maximum Gasteiger partial charge on any atom is 0.187 e. The molecule has 4 heterocycles. The zero-order chi connectivity index (χ0) is 33.8. The minimum absolute atomic E-state index is 0.704. The fourth-order valence-electron chi connectivity index (χ4n) is 6.60. The summed E-state index contributed by atoms with van der Waals surface area (Å²) in [5, 5.41) is 147. The summed E-state index contributed by atoms with van der Waals surface area (Å²) >= 11 is 0. The highest BCUT2D eigenvalue weighted by Gasteiger charge is 2.72. The van der Waals surface area contributed by atoms with Gasteiger partial charge in [-0.15, -0.1) is 0 Å². The quantitative estimate of drug-likeness (QED) is 0.0954. The molecule has 1 aliphatic carbocycles. The predicted octanol–water partition coefficient (Wildman–Crippen LogP) is -10.4. The van der Waals surface area contributed by atoms with Gasteiger partial charge in [-0.1, -0.05) is 0 Å². The third kappa shape index (κ3) is 6.21. The van der Waals surface area contributed by atoms with Gasteiger partial charge < -0.3 is 105 Å². The van der Waals surface area contributed by atoms with Gasteiger partial charge in [0.25, 0.3) is 0 Å². The second kappa shape index (κ2) is 14.2. The number of ether oxygens (including phenoxy) is 6. The van der Waals surface area contributed by atoms with Gasteiger partial charge in [0.2, 0.25) is 0 Å². The molecule has 0 radical (unpaired) electrons. The molecule has 5 rings (SSSR count). The van der Waals surface area contributed by atoms with Crippen molar-refractivity contribution < 1.29 is 99.9 Å². The van der Waals surface area contributed by atoms with Crippen LogP contribution < -0.4 is 5.32 Å². The molecule has 268 valence electrons. The first kappa shape index (κ1) is 36.4. The monoisotopic (exact) mass is 677 g/mol. The summed E-state index contributed by atoms with van der Waals surface area (Å²) in [7, 11) is 0. The lowest BCUT2D eigenvalue weighted by molar-refractivity contribution is -0.375. The first-order valence-corrected chi connectivity index (χ1v) is 14.7. The summed E-state index contributed by atoms with van der Waals surface area (Å²) in [6.45, 7) is -3.20. The summed E-state index contributed by atoms with van der Waals surface area (Å²) in [6.07, 6.45) is -30.6. The SMILES string of the molecule is OC[C@H]1O[C@H](O[C@H]2[C@H](O)[C@@H](O)[C@@H](O[C@H]3[C@H](O)[C@@H](O)C(O)O[C@@H]3CO)O[C@@H]2CO)[C@H](O)[C@@H](O)C1N[C@@H]1[C@H](O)[C@@H](O)[C@H](O)[C@]2(CO)O[C@H]12. The third-order valence-electron chi connectivity index (χ3n) is 9.40. The van der Waals surface area contributed by atoms with E-state index >= 15 is 0 Å².